The van der Waals surface area contributed by atoms with Crippen molar-refractivity contribution in [3.8, 4) is 5.75 Å². The van der Waals surface area contributed by atoms with Crippen LogP contribution in [0.1, 0.15) is 17.2 Å². The number of ether oxygens (including phenoxy) is 1. The number of benzene rings is 1. The third-order valence-electron chi connectivity index (χ3n) is 2.91. The summed E-state index contributed by atoms with van der Waals surface area (Å²) in [4.78, 5) is 3.99. The van der Waals surface area contributed by atoms with Crippen molar-refractivity contribution in [2.45, 2.75) is 12.5 Å². The summed E-state index contributed by atoms with van der Waals surface area (Å²) in [6.07, 6.45) is 3.81. The van der Waals surface area contributed by atoms with E-state index in [0.29, 0.717) is 13.0 Å². The van der Waals surface area contributed by atoms with Gasteiger partial charge in [-0.3, -0.25) is 4.98 Å². The van der Waals surface area contributed by atoms with E-state index in [9.17, 15) is 0 Å². The lowest BCUT2D eigenvalue weighted by Gasteiger charge is -2.19. The largest absolute Gasteiger partial charge is 0.484 e. The van der Waals surface area contributed by atoms with E-state index < -0.39 is 0 Å². The lowest BCUT2D eigenvalue weighted by Crippen LogP contribution is -2.19. The Hall–Kier alpha value is -1.91. The average molecular weight is 258 g/mol. The third-order valence-corrected chi connectivity index (χ3v) is 2.91. The Kier molecular flexibility index (Phi) is 4.89. The molecule has 0 bridgehead atoms. The molecule has 100 valence electrons. The quantitative estimate of drug-likeness (QED) is 0.827. The second kappa shape index (κ2) is 6.87. The van der Waals surface area contributed by atoms with Gasteiger partial charge in [-0.2, -0.15) is 0 Å². The van der Waals surface area contributed by atoms with Gasteiger partial charge in [0.1, 0.15) is 11.9 Å². The van der Waals surface area contributed by atoms with Crippen LogP contribution in [0.4, 0.5) is 0 Å². The van der Waals surface area contributed by atoms with E-state index in [1.807, 2.05) is 36.4 Å². The number of hydrogen-bond donors (Lipinski definition) is 2. The average Bonchev–Trinajstić information content (AvgIpc) is 2.47. The number of rotatable bonds is 6. The van der Waals surface area contributed by atoms with Gasteiger partial charge in [-0.15, -0.1) is 0 Å². The standard InChI is InChI=1S/C15H18N2O2/c16-11-15(13-5-8-17-9-6-13)19-14-4-2-1-3-12(14)7-10-18/h1-6,8-9,15,18H,7,10-11,16H2. The molecule has 2 rings (SSSR count). The van der Waals surface area contributed by atoms with Crippen LogP contribution in [0.5, 0.6) is 5.75 Å². The van der Waals surface area contributed by atoms with Gasteiger partial charge >= 0.3 is 0 Å². The van der Waals surface area contributed by atoms with E-state index >= 15 is 0 Å². The summed E-state index contributed by atoms with van der Waals surface area (Å²) in [5, 5.41) is 9.06. The molecule has 19 heavy (non-hydrogen) atoms. The molecule has 0 aliphatic carbocycles. The molecule has 1 unspecified atom stereocenters. The number of hydrogen-bond acceptors (Lipinski definition) is 4. The van der Waals surface area contributed by atoms with E-state index in [0.717, 1.165) is 16.9 Å². The van der Waals surface area contributed by atoms with Gasteiger partial charge in [-0.1, -0.05) is 18.2 Å². The molecule has 0 fully saturated rings. The number of para-hydroxylation sites is 1. The molecule has 1 aromatic heterocycles. The first kappa shape index (κ1) is 13.5. The minimum Gasteiger partial charge on any atom is -0.484 e. The second-order valence-electron chi connectivity index (χ2n) is 4.20. The van der Waals surface area contributed by atoms with Crippen molar-refractivity contribution in [1.82, 2.24) is 4.98 Å². The van der Waals surface area contributed by atoms with E-state index in [2.05, 4.69) is 4.98 Å². The molecule has 2 aromatic rings. The van der Waals surface area contributed by atoms with Crippen molar-refractivity contribution in [2.24, 2.45) is 5.73 Å². The molecule has 3 N–H and O–H groups in total. The fraction of sp³-hybridized carbons (Fsp3) is 0.267. The molecule has 0 amide bonds. The fourth-order valence-electron chi connectivity index (χ4n) is 1.93. The molecule has 4 heteroatoms. The zero-order valence-electron chi connectivity index (χ0n) is 10.7. The first-order valence-electron chi connectivity index (χ1n) is 6.30. The third kappa shape index (κ3) is 3.53. The Bertz CT molecular complexity index is 503. The second-order valence-corrected chi connectivity index (χ2v) is 4.20. The Labute approximate surface area is 112 Å². The normalized spacial score (nSPS) is 12.1. The Balaban J connectivity index is 2.19. The maximum Gasteiger partial charge on any atom is 0.136 e. The summed E-state index contributed by atoms with van der Waals surface area (Å²) in [5.74, 6) is 0.767. The summed E-state index contributed by atoms with van der Waals surface area (Å²) in [5.41, 5.74) is 7.76. The van der Waals surface area contributed by atoms with Gasteiger partial charge in [0.2, 0.25) is 0 Å². The monoisotopic (exact) mass is 258 g/mol. The van der Waals surface area contributed by atoms with E-state index in [4.69, 9.17) is 15.6 Å². The van der Waals surface area contributed by atoms with Crippen molar-refractivity contribution in [1.29, 1.82) is 0 Å². The van der Waals surface area contributed by atoms with E-state index in [-0.39, 0.29) is 12.7 Å². The predicted molar refractivity (Wildman–Crippen MR) is 73.9 cm³/mol. The van der Waals surface area contributed by atoms with Gasteiger partial charge in [0.25, 0.3) is 0 Å². The minimum atomic E-state index is -0.206. The Morgan fingerprint density at radius 1 is 1.16 bits per heavy atom. The molecule has 4 nitrogen and oxygen atoms in total. The highest BCUT2D eigenvalue weighted by Crippen LogP contribution is 2.25. The predicted octanol–water partition coefficient (Wildman–Crippen LogP) is 1.70. The molecule has 0 aliphatic heterocycles. The van der Waals surface area contributed by atoms with Crippen molar-refractivity contribution in [3.63, 3.8) is 0 Å². The number of nitrogens with two attached hydrogens (primary N) is 1. The summed E-state index contributed by atoms with van der Waals surface area (Å²) < 4.78 is 5.97. The number of nitrogens with zero attached hydrogens (tertiary/aromatic N) is 1. The molecule has 0 saturated carbocycles. The van der Waals surface area contributed by atoms with Gasteiger partial charge in [-0.05, 0) is 35.7 Å². The van der Waals surface area contributed by atoms with Crippen molar-refractivity contribution < 1.29 is 9.84 Å². The highest BCUT2D eigenvalue weighted by atomic mass is 16.5. The molecule has 0 aliphatic rings. The van der Waals surface area contributed by atoms with Gasteiger partial charge in [0.05, 0.1) is 0 Å². The zero-order chi connectivity index (χ0) is 13.5. The summed E-state index contributed by atoms with van der Waals surface area (Å²) in [6.45, 7) is 0.487. The van der Waals surface area contributed by atoms with Gasteiger partial charge in [0.15, 0.2) is 0 Å². The molecule has 1 heterocycles. The highest BCUT2D eigenvalue weighted by Gasteiger charge is 2.13. The van der Waals surface area contributed by atoms with Crippen LogP contribution in [-0.4, -0.2) is 23.2 Å². The maximum absolute atomic E-state index is 9.06. The SMILES string of the molecule is NCC(Oc1ccccc1CCO)c1ccncc1. The Morgan fingerprint density at radius 3 is 2.58 bits per heavy atom. The van der Waals surface area contributed by atoms with Crippen LogP contribution in [0, 0.1) is 0 Å². The molecule has 1 aromatic carbocycles. The van der Waals surface area contributed by atoms with Crippen LogP contribution in [0.15, 0.2) is 48.8 Å². The first-order chi connectivity index (χ1) is 9.35. The van der Waals surface area contributed by atoms with Crippen LogP contribution in [0.25, 0.3) is 0 Å². The molecule has 1 atom stereocenters. The lowest BCUT2D eigenvalue weighted by atomic mass is 10.1. The lowest BCUT2D eigenvalue weighted by molar-refractivity contribution is 0.210. The van der Waals surface area contributed by atoms with Crippen molar-refractivity contribution >= 4 is 0 Å². The van der Waals surface area contributed by atoms with Crippen molar-refractivity contribution in [3.05, 3.63) is 59.9 Å². The van der Waals surface area contributed by atoms with Crippen molar-refractivity contribution in [2.75, 3.05) is 13.2 Å². The van der Waals surface area contributed by atoms with Gasteiger partial charge in [-0.25, -0.2) is 0 Å². The summed E-state index contributed by atoms with van der Waals surface area (Å²) in [7, 11) is 0. The molecular formula is C15H18N2O2. The molecule has 0 saturated heterocycles. The first-order valence-corrected chi connectivity index (χ1v) is 6.30. The smallest absolute Gasteiger partial charge is 0.136 e. The zero-order valence-corrected chi connectivity index (χ0v) is 10.7. The summed E-state index contributed by atoms with van der Waals surface area (Å²) in [6, 6.07) is 11.5. The fourth-order valence-corrected chi connectivity index (χ4v) is 1.93. The molecule has 0 radical (unpaired) electrons. The van der Waals surface area contributed by atoms with Crippen LogP contribution in [0.2, 0.25) is 0 Å². The minimum absolute atomic E-state index is 0.100. The van der Waals surface area contributed by atoms with Crippen LogP contribution >= 0.6 is 0 Å². The topological polar surface area (TPSA) is 68.4 Å². The molecule has 0 spiro atoms. The van der Waals surface area contributed by atoms with Crippen LogP contribution in [0.3, 0.4) is 0 Å². The van der Waals surface area contributed by atoms with E-state index in [1.165, 1.54) is 0 Å². The number of aliphatic hydroxyl groups excluding tert-OH is 1. The number of aromatic nitrogens is 1. The van der Waals surface area contributed by atoms with Crippen LogP contribution < -0.4 is 10.5 Å². The summed E-state index contributed by atoms with van der Waals surface area (Å²) >= 11 is 0. The van der Waals surface area contributed by atoms with Crippen LogP contribution in [-0.2, 0) is 6.42 Å². The number of aliphatic hydroxyl groups is 1. The highest BCUT2D eigenvalue weighted by molar-refractivity contribution is 5.34. The maximum atomic E-state index is 9.06. The van der Waals surface area contributed by atoms with E-state index in [1.54, 1.807) is 12.4 Å². The number of pyridine rings is 1. The Morgan fingerprint density at radius 2 is 1.89 bits per heavy atom. The molecular weight excluding hydrogens is 240 g/mol. The van der Waals surface area contributed by atoms with Gasteiger partial charge < -0.3 is 15.6 Å². The van der Waals surface area contributed by atoms with Gasteiger partial charge in [0, 0.05) is 25.5 Å².